The number of hydrogen-bond acceptors (Lipinski definition) is 5. The van der Waals surface area contributed by atoms with E-state index >= 15 is 0 Å². The first kappa shape index (κ1) is 12.7. The summed E-state index contributed by atoms with van der Waals surface area (Å²) in [7, 11) is 0. The molecule has 90 valence electrons. The molecule has 0 heterocycles. The van der Waals surface area contributed by atoms with Crippen LogP contribution < -0.4 is 5.32 Å². The number of rotatable bonds is 7. The molecule has 1 fully saturated rings. The maximum absolute atomic E-state index is 11.6. The zero-order valence-corrected chi connectivity index (χ0v) is 9.45. The third kappa shape index (κ3) is 3.66. The van der Waals surface area contributed by atoms with Crippen LogP contribution in [0.5, 0.6) is 0 Å². The van der Waals surface area contributed by atoms with Crippen molar-refractivity contribution < 1.29 is 19.1 Å². The fraction of sp³-hybridized carbons (Fsp3) is 0.636. The van der Waals surface area contributed by atoms with Crippen molar-refractivity contribution in [3.8, 4) is 0 Å². The second-order valence-corrected chi connectivity index (χ2v) is 3.74. The van der Waals surface area contributed by atoms with E-state index in [4.69, 9.17) is 9.47 Å². The zero-order valence-electron chi connectivity index (χ0n) is 9.45. The largest absolute Gasteiger partial charge is 0.465 e. The first-order valence-corrected chi connectivity index (χ1v) is 5.27. The summed E-state index contributed by atoms with van der Waals surface area (Å²) in [4.78, 5) is 22.1. The van der Waals surface area contributed by atoms with Gasteiger partial charge in [0.1, 0.15) is 18.8 Å². The summed E-state index contributed by atoms with van der Waals surface area (Å²) in [6.07, 6.45) is 3.07. The van der Waals surface area contributed by atoms with Crippen molar-refractivity contribution in [2.75, 3.05) is 19.8 Å². The molecule has 0 aromatic carbocycles. The molecule has 0 spiro atoms. The Balaban J connectivity index is 2.21. The third-order valence-electron chi connectivity index (χ3n) is 2.34. The molecule has 0 aromatic heterocycles. The SMILES string of the molecule is C=CCOC(=O)C1(NCCOC(C)=O)CC1. The van der Waals surface area contributed by atoms with Gasteiger partial charge in [-0.15, -0.1) is 0 Å². The Kier molecular flexibility index (Phi) is 4.49. The molecular weight excluding hydrogens is 210 g/mol. The number of carbonyl (C=O) groups excluding carboxylic acids is 2. The second kappa shape index (κ2) is 5.65. The number of nitrogens with one attached hydrogen (secondary N) is 1. The van der Waals surface area contributed by atoms with Crippen LogP contribution in [0.3, 0.4) is 0 Å². The molecule has 0 amide bonds. The Labute approximate surface area is 94.8 Å². The fourth-order valence-electron chi connectivity index (χ4n) is 1.34. The Hall–Kier alpha value is -1.36. The quantitative estimate of drug-likeness (QED) is 0.387. The van der Waals surface area contributed by atoms with Gasteiger partial charge in [0.05, 0.1) is 0 Å². The average molecular weight is 227 g/mol. The van der Waals surface area contributed by atoms with E-state index in [1.54, 1.807) is 0 Å². The van der Waals surface area contributed by atoms with Gasteiger partial charge in [-0.2, -0.15) is 0 Å². The lowest BCUT2D eigenvalue weighted by Crippen LogP contribution is -2.42. The summed E-state index contributed by atoms with van der Waals surface area (Å²) in [5.74, 6) is -0.573. The second-order valence-electron chi connectivity index (χ2n) is 3.74. The number of ether oxygens (including phenoxy) is 2. The van der Waals surface area contributed by atoms with Crippen molar-refractivity contribution in [2.45, 2.75) is 25.3 Å². The van der Waals surface area contributed by atoms with E-state index in [-0.39, 0.29) is 25.2 Å². The minimum atomic E-state index is -0.552. The van der Waals surface area contributed by atoms with Crippen LogP contribution in [0.15, 0.2) is 12.7 Å². The van der Waals surface area contributed by atoms with Crippen molar-refractivity contribution in [3.63, 3.8) is 0 Å². The summed E-state index contributed by atoms with van der Waals surface area (Å²) < 4.78 is 9.73. The highest BCUT2D eigenvalue weighted by Gasteiger charge is 2.50. The maximum atomic E-state index is 11.6. The standard InChI is InChI=1S/C11H17NO4/c1-3-7-16-10(14)11(4-5-11)12-6-8-15-9(2)13/h3,12H,1,4-8H2,2H3. The summed E-state index contributed by atoms with van der Waals surface area (Å²) in [5, 5.41) is 3.05. The van der Waals surface area contributed by atoms with Crippen LogP contribution in [0, 0.1) is 0 Å². The molecule has 0 unspecified atom stereocenters. The van der Waals surface area contributed by atoms with Crippen molar-refractivity contribution in [2.24, 2.45) is 0 Å². The summed E-state index contributed by atoms with van der Waals surface area (Å²) >= 11 is 0. The molecule has 0 bridgehead atoms. The molecule has 5 nitrogen and oxygen atoms in total. The van der Waals surface area contributed by atoms with Crippen LogP contribution >= 0.6 is 0 Å². The monoisotopic (exact) mass is 227 g/mol. The topological polar surface area (TPSA) is 64.6 Å². The van der Waals surface area contributed by atoms with Gasteiger partial charge >= 0.3 is 11.9 Å². The molecule has 0 radical (unpaired) electrons. The highest BCUT2D eigenvalue weighted by Crippen LogP contribution is 2.36. The van der Waals surface area contributed by atoms with Crippen molar-refractivity contribution in [1.82, 2.24) is 5.32 Å². The molecule has 16 heavy (non-hydrogen) atoms. The van der Waals surface area contributed by atoms with Gasteiger partial charge in [-0.3, -0.25) is 14.9 Å². The highest BCUT2D eigenvalue weighted by atomic mass is 16.5. The lowest BCUT2D eigenvalue weighted by molar-refractivity contribution is -0.146. The molecule has 1 aliphatic rings. The minimum Gasteiger partial charge on any atom is -0.465 e. The lowest BCUT2D eigenvalue weighted by atomic mass is 10.3. The van der Waals surface area contributed by atoms with Gasteiger partial charge in [0.15, 0.2) is 0 Å². The first-order valence-electron chi connectivity index (χ1n) is 5.27. The molecule has 5 heteroatoms. The number of carbonyl (C=O) groups is 2. The molecule has 1 aliphatic carbocycles. The van der Waals surface area contributed by atoms with Crippen molar-refractivity contribution in [1.29, 1.82) is 0 Å². The molecule has 1 saturated carbocycles. The van der Waals surface area contributed by atoms with Gasteiger partial charge in [-0.05, 0) is 12.8 Å². The van der Waals surface area contributed by atoms with Gasteiger partial charge in [0.25, 0.3) is 0 Å². The van der Waals surface area contributed by atoms with Gasteiger partial charge < -0.3 is 9.47 Å². The normalized spacial score (nSPS) is 16.3. The molecular formula is C11H17NO4. The van der Waals surface area contributed by atoms with Crippen LogP contribution in [-0.2, 0) is 19.1 Å². The van der Waals surface area contributed by atoms with Gasteiger partial charge in [0.2, 0.25) is 0 Å². The molecule has 1 rings (SSSR count). The van der Waals surface area contributed by atoms with E-state index in [2.05, 4.69) is 11.9 Å². The molecule has 0 aliphatic heterocycles. The molecule has 1 N–H and O–H groups in total. The smallest absolute Gasteiger partial charge is 0.326 e. The van der Waals surface area contributed by atoms with E-state index in [1.807, 2.05) is 0 Å². The van der Waals surface area contributed by atoms with Gasteiger partial charge in [-0.25, -0.2) is 0 Å². The van der Waals surface area contributed by atoms with Crippen LogP contribution in [0.25, 0.3) is 0 Å². The molecule has 0 saturated heterocycles. The van der Waals surface area contributed by atoms with Crippen LogP contribution in [0.1, 0.15) is 19.8 Å². The van der Waals surface area contributed by atoms with Gasteiger partial charge in [-0.1, -0.05) is 12.7 Å². The Morgan fingerprint density at radius 3 is 2.62 bits per heavy atom. The molecule has 0 atom stereocenters. The number of hydrogen-bond donors (Lipinski definition) is 1. The van der Waals surface area contributed by atoms with E-state index < -0.39 is 5.54 Å². The van der Waals surface area contributed by atoms with Crippen LogP contribution in [0.4, 0.5) is 0 Å². The van der Waals surface area contributed by atoms with Gasteiger partial charge in [0, 0.05) is 13.5 Å². The van der Waals surface area contributed by atoms with E-state index in [9.17, 15) is 9.59 Å². The molecule has 0 aromatic rings. The fourth-order valence-corrected chi connectivity index (χ4v) is 1.34. The Morgan fingerprint density at radius 2 is 2.12 bits per heavy atom. The maximum Gasteiger partial charge on any atom is 0.326 e. The Morgan fingerprint density at radius 1 is 1.44 bits per heavy atom. The Bertz CT molecular complexity index is 284. The van der Waals surface area contributed by atoms with Crippen LogP contribution in [-0.4, -0.2) is 37.2 Å². The lowest BCUT2D eigenvalue weighted by Gasteiger charge is -2.15. The summed E-state index contributed by atoms with van der Waals surface area (Å²) in [5.41, 5.74) is -0.552. The van der Waals surface area contributed by atoms with E-state index in [1.165, 1.54) is 13.0 Å². The van der Waals surface area contributed by atoms with E-state index in [0.717, 1.165) is 12.8 Å². The first-order chi connectivity index (χ1) is 7.60. The van der Waals surface area contributed by atoms with Crippen molar-refractivity contribution >= 4 is 11.9 Å². The summed E-state index contributed by atoms with van der Waals surface area (Å²) in [6.45, 7) is 5.79. The number of esters is 2. The minimum absolute atomic E-state index is 0.228. The van der Waals surface area contributed by atoms with E-state index in [0.29, 0.717) is 6.54 Å². The third-order valence-corrected chi connectivity index (χ3v) is 2.34. The highest BCUT2D eigenvalue weighted by molar-refractivity contribution is 5.84. The summed E-state index contributed by atoms with van der Waals surface area (Å²) in [6, 6.07) is 0. The predicted molar refractivity (Wildman–Crippen MR) is 57.8 cm³/mol. The predicted octanol–water partition coefficient (Wildman–Crippen LogP) is 0.401. The zero-order chi connectivity index (χ0) is 12.0. The van der Waals surface area contributed by atoms with Crippen LogP contribution in [0.2, 0.25) is 0 Å². The average Bonchev–Trinajstić information content (AvgIpc) is 3.02. The van der Waals surface area contributed by atoms with Crippen molar-refractivity contribution in [3.05, 3.63) is 12.7 Å².